The summed E-state index contributed by atoms with van der Waals surface area (Å²) in [4.78, 5) is 26.8. The molecule has 0 aliphatic carbocycles. The van der Waals surface area contributed by atoms with Gasteiger partial charge in [-0.15, -0.1) is 0 Å². The number of carbonyl (C=O) groups is 2. The maximum Gasteiger partial charge on any atom is 0.325 e. The highest BCUT2D eigenvalue weighted by Crippen LogP contribution is 2.49. The fraction of sp³-hybridized carbons (Fsp3) is 0.600. The molecule has 2 saturated heterocycles. The van der Waals surface area contributed by atoms with E-state index >= 15 is 0 Å². The van der Waals surface area contributed by atoms with E-state index in [9.17, 15) is 14.0 Å². The molecule has 3 rings (SSSR count). The van der Waals surface area contributed by atoms with Crippen LogP contribution in [0.1, 0.15) is 45.6 Å². The summed E-state index contributed by atoms with van der Waals surface area (Å²) in [6.45, 7) is 7.07. The number of nitrogens with two attached hydrogens (primary N) is 1. The van der Waals surface area contributed by atoms with Gasteiger partial charge in [0, 0.05) is 18.0 Å². The average molecular weight is 413 g/mol. The predicted octanol–water partition coefficient (Wildman–Crippen LogP) is 2.83. The van der Waals surface area contributed by atoms with Crippen molar-refractivity contribution in [3.63, 3.8) is 0 Å². The predicted molar refractivity (Wildman–Crippen MR) is 102 cm³/mol. The molecule has 0 radical (unpaired) electrons. The zero-order chi connectivity index (χ0) is 21.0. The summed E-state index contributed by atoms with van der Waals surface area (Å²) in [6.07, 6.45) is 0.329. The van der Waals surface area contributed by atoms with Crippen molar-refractivity contribution in [3.05, 3.63) is 34.6 Å². The molecule has 0 spiro atoms. The van der Waals surface area contributed by atoms with Gasteiger partial charge in [0.1, 0.15) is 11.9 Å². The Labute approximate surface area is 169 Å². The number of methoxy groups -OCH3 is 1. The Balaban J connectivity index is 2.08. The third kappa shape index (κ3) is 3.19. The zero-order valence-electron chi connectivity index (χ0n) is 16.7. The quantitative estimate of drug-likeness (QED) is 0.766. The van der Waals surface area contributed by atoms with Crippen molar-refractivity contribution in [1.82, 2.24) is 4.90 Å². The van der Waals surface area contributed by atoms with E-state index in [4.69, 9.17) is 26.8 Å². The first-order chi connectivity index (χ1) is 12.9. The molecule has 2 N–H and O–H groups in total. The fourth-order valence-corrected chi connectivity index (χ4v) is 4.82. The summed E-state index contributed by atoms with van der Waals surface area (Å²) in [5, 5.41) is -0.0276. The summed E-state index contributed by atoms with van der Waals surface area (Å²) >= 11 is 5.97. The van der Waals surface area contributed by atoms with Crippen LogP contribution in [0.5, 0.6) is 0 Å². The minimum absolute atomic E-state index is 0.0276. The highest BCUT2D eigenvalue weighted by Gasteiger charge is 2.63. The number of hydrogen-bond donors (Lipinski definition) is 1. The molecule has 2 fully saturated rings. The van der Waals surface area contributed by atoms with E-state index in [1.165, 1.54) is 13.2 Å². The van der Waals surface area contributed by atoms with Crippen LogP contribution in [-0.4, -0.2) is 47.8 Å². The Morgan fingerprint density at radius 3 is 2.68 bits per heavy atom. The van der Waals surface area contributed by atoms with Crippen LogP contribution in [0.15, 0.2) is 18.2 Å². The first-order valence-corrected chi connectivity index (χ1v) is 9.59. The van der Waals surface area contributed by atoms with E-state index in [1.54, 1.807) is 39.8 Å². The molecule has 28 heavy (non-hydrogen) atoms. The van der Waals surface area contributed by atoms with Gasteiger partial charge in [0.25, 0.3) is 0 Å². The molecule has 4 atom stereocenters. The fourth-order valence-electron chi connectivity index (χ4n) is 4.64. The van der Waals surface area contributed by atoms with Crippen molar-refractivity contribution >= 4 is 23.5 Å². The molecule has 2 aliphatic rings. The maximum absolute atomic E-state index is 14.8. The number of ether oxygens (including phenoxy) is 2. The smallest absolute Gasteiger partial charge is 0.325 e. The third-order valence-corrected chi connectivity index (χ3v) is 6.16. The number of fused-ring (bicyclic) bond motifs is 1. The molecule has 1 aromatic carbocycles. The van der Waals surface area contributed by atoms with Gasteiger partial charge >= 0.3 is 11.9 Å². The number of hydrogen-bond acceptors (Lipinski definition) is 6. The van der Waals surface area contributed by atoms with Crippen LogP contribution in [0.3, 0.4) is 0 Å². The minimum Gasteiger partial charge on any atom is -0.469 e. The van der Waals surface area contributed by atoms with Crippen LogP contribution in [0, 0.1) is 11.2 Å². The van der Waals surface area contributed by atoms with Crippen molar-refractivity contribution in [3.8, 4) is 0 Å². The van der Waals surface area contributed by atoms with Gasteiger partial charge in [-0.2, -0.15) is 0 Å². The SMILES string of the molecule is COC(=O)C(C)(C)C[C@H]1C(N)[C@@H](c2cccc(Cl)c2F)[C@@H]2C(=O)OC(C)(C)N12. The van der Waals surface area contributed by atoms with Gasteiger partial charge in [-0.25, -0.2) is 9.29 Å². The summed E-state index contributed by atoms with van der Waals surface area (Å²) in [5.41, 5.74) is 5.09. The molecule has 0 bridgehead atoms. The van der Waals surface area contributed by atoms with Gasteiger partial charge < -0.3 is 15.2 Å². The van der Waals surface area contributed by atoms with E-state index in [0.717, 1.165) is 0 Å². The van der Waals surface area contributed by atoms with Crippen LogP contribution in [-0.2, 0) is 19.1 Å². The van der Waals surface area contributed by atoms with Crippen molar-refractivity contribution in [2.45, 2.75) is 63.9 Å². The van der Waals surface area contributed by atoms with Crippen molar-refractivity contribution in [2.75, 3.05) is 7.11 Å². The van der Waals surface area contributed by atoms with Gasteiger partial charge in [-0.05, 0) is 45.7 Å². The largest absolute Gasteiger partial charge is 0.469 e. The number of cyclic esters (lactones) is 1. The molecule has 2 heterocycles. The molecule has 6 nitrogen and oxygen atoms in total. The topological polar surface area (TPSA) is 81.9 Å². The first kappa shape index (κ1) is 21.0. The molecule has 0 amide bonds. The zero-order valence-corrected chi connectivity index (χ0v) is 17.4. The number of benzene rings is 1. The second-order valence-corrected chi connectivity index (χ2v) is 9.02. The first-order valence-electron chi connectivity index (χ1n) is 9.21. The Bertz CT molecular complexity index is 813. The highest BCUT2D eigenvalue weighted by molar-refractivity contribution is 6.30. The summed E-state index contributed by atoms with van der Waals surface area (Å²) in [7, 11) is 1.33. The Hall–Kier alpha value is -1.70. The van der Waals surface area contributed by atoms with E-state index in [2.05, 4.69) is 0 Å². The molecule has 8 heteroatoms. The maximum atomic E-state index is 14.8. The number of nitrogens with zero attached hydrogens (tertiary/aromatic N) is 1. The Kier molecular flexibility index (Phi) is 5.23. The lowest BCUT2D eigenvalue weighted by Gasteiger charge is -2.37. The van der Waals surface area contributed by atoms with Gasteiger partial charge in [-0.1, -0.05) is 23.7 Å². The van der Waals surface area contributed by atoms with Gasteiger partial charge in [0.05, 0.1) is 17.5 Å². The van der Waals surface area contributed by atoms with E-state index in [1.807, 2.05) is 4.90 Å². The van der Waals surface area contributed by atoms with Crippen molar-refractivity contribution in [1.29, 1.82) is 0 Å². The molecule has 0 aromatic heterocycles. The molecule has 1 unspecified atom stereocenters. The third-order valence-electron chi connectivity index (χ3n) is 5.87. The van der Waals surface area contributed by atoms with Crippen LogP contribution in [0.2, 0.25) is 5.02 Å². The summed E-state index contributed by atoms with van der Waals surface area (Å²) < 4.78 is 25.3. The van der Waals surface area contributed by atoms with Gasteiger partial charge in [-0.3, -0.25) is 9.59 Å². The summed E-state index contributed by atoms with van der Waals surface area (Å²) in [6, 6.07) is 2.92. The van der Waals surface area contributed by atoms with Gasteiger partial charge in [0.15, 0.2) is 5.72 Å². The molecular formula is C20H26ClFN2O4. The second kappa shape index (κ2) is 6.97. The van der Waals surface area contributed by atoms with Crippen molar-refractivity contribution in [2.24, 2.45) is 11.1 Å². The lowest BCUT2D eigenvalue weighted by molar-refractivity contribution is -0.156. The average Bonchev–Trinajstić information content (AvgIpc) is 3.01. The number of halogens is 2. The molecule has 154 valence electrons. The van der Waals surface area contributed by atoms with Crippen molar-refractivity contribution < 1.29 is 23.5 Å². The number of esters is 2. The van der Waals surface area contributed by atoms with E-state index < -0.39 is 47.0 Å². The van der Waals surface area contributed by atoms with Gasteiger partial charge in [0.2, 0.25) is 0 Å². The van der Waals surface area contributed by atoms with E-state index in [0.29, 0.717) is 6.42 Å². The second-order valence-electron chi connectivity index (χ2n) is 8.61. The highest BCUT2D eigenvalue weighted by atomic mass is 35.5. The van der Waals surface area contributed by atoms with Crippen LogP contribution >= 0.6 is 11.6 Å². The standard InChI is InChI=1S/C20H26ClFN2O4/c1-19(2,18(26)27-5)9-12-15(23)13(10-7-6-8-11(21)14(10)22)16-17(25)28-20(3,4)24(12)16/h6-8,12-13,15-16H,9,23H2,1-5H3/t12-,13+,15?,16+/m0/s1. The molecule has 2 aliphatic heterocycles. The number of rotatable bonds is 4. The number of carbonyl (C=O) groups excluding carboxylic acids is 2. The molecule has 0 saturated carbocycles. The van der Waals surface area contributed by atoms with E-state index in [-0.39, 0.29) is 16.6 Å². The van der Waals surface area contributed by atoms with Crippen LogP contribution in [0.25, 0.3) is 0 Å². The minimum atomic E-state index is -0.931. The normalized spacial score (nSPS) is 29.5. The van der Waals surface area contributed by atoms with Crippen LogP contribution in [0.4, 0.5) is 4.39 Å². The molecule has 1 aromatic rings. The Morgan fingerprint density at radius 2 is 2.07 bits per heavy atom. The molecular weight excluding hydrogens is 387 g/mol. The lowest BCUT2D eigenvalue weighted by atomic mass is 9.80. The lowest BCUT2D eigenvalue weighted by Crippen LogP contribution is -2.51. The monoisotopic (exact) mass is 412 g/mol. The summed E-state index contributed by atoms with van der Waals surface area (Å²) in [5.74, 6) is -2.07. The van der Waals surface area contributed by atoms with Crippen LogP contribution < -0.4 is 5.73 Å². The Morgan fingerprint density at radius 1 is 1.43 bits per heavy atom.